The van der Waals surface area contributed by atoms with Crippen LogP contribution in [0.3, 0.4) is 0 Å². The van der Waals surface area contributed by atoms with E-state index in [9.17, 15) is 4.79 Å². The summed E-state index contributed by atoms with van der Waals surface area (Å²) in [6, 6.07) is 9.87. The minimum atomic E-state index is -0.122. The van der Waals surface area contributed by atoms with Gasteiger partial charge < -0.3 is 14.8 Å². The average molecular weight is 337 g/mol. The van der Waals surface area contributed by atoms with Crippen molar-refractivity contribution in [1.29, 1.82) is 0 Å². The van der Waals surface area contributed by atoms with Crippen LogP contribution >= 0.6 is 0 Å². The highest BCUT2D eigenvalue weighted by Crippen LogP contribution is 2.32. The lowest BCUT2D eigenvalue weighted by atomic mass is 9.96. The maximum Gasteiger partial charge on any atom is 0.244 e. The van der Waals surface area contributed by atoms with Gasteiger partial charge in [-0.15, -0.1) is 0 Å². The Labute approximate surface area is 148 Å². The smallest absolute Gasteiger partial charge is 0.244 e. The number of carbonyl (C=O) groups excluding carboxylic acids is 1. The minimum Gasteiger partial charge on any atom is -0.454 e. The lowest BCUT2D eigenvalue weighted by molar-refractivity contribution is -0.117. The van der Waals surface area contributed by atoms with Gasteiger partial charge >= 0.3 is 0 Å². The van der Waals surface area contributed by atoms with Crippen molar-refractivity contribution in [3.05, 3.63) is 64.2 Å². The van der Waals surface area contributed by atoms with Crippen LogP contribution in [0.4, 0.5) is 0 Å². The Morgan fingerprint density at radius 3 is 2.56 bits per heavy atom. The second-order valence-corrected chi connectivity index (χ2v) is 6.47. The van der Waals surface area contributed by atoms with Gasteiger partial charge in [-0.2, -0.15) is 0 Å². The molecule has 1 amide bonds. The molecule has 0 fully saturated rings. The molecule has 1 aliphatic rings. The van der Waals surface area contributed by atoms with Crippen LogP contribution in [0.25, 0.3) is 6.08 Å². The van der Waals surface area contributed by atoms with Crippen LogP contribution in [0.1, 0.15) is 40.8 Å². The van der Waals surface area contributed by atoms with Crippen LogP contribution in [-0.2, 0) is 4.79 Å². The fourth-order valence-electron chi connectivity index (χ4n) is 2.98. The van der Waals surface area contributed by atoms with Gasteiger partial charge in [-0.05, 0) is 73.7 Å². The summed E-state index contributed by atoms with van der Waals surface area (Å²) in [6.45, 7) is 8.52. The van der Waals surface area contributed by atoms with Gasteiger partial charge in [0.15, 0.2) is 11.5 Å². The highest BCUT2D eigenvalue weighted by molar-refractivity contribution is 5.92. The number of hydrogen-bond donors (Lipinski definition) is 1. The second-order valence-electron chi connectivity index (χ2n) is 6.47. The lowest BCUT2D eigenvalue weighted by Gasteiger charge is -2.17. The van der Waals surface area contributed by atoms with Crippen molar-refractivity contribution in [3.63, 3.8) is 0 Å². The number of benzene rings is 2. The molecular weight excluding hydrogens is 314 g/mol. The summed E-state index contributed by atoms with van der Waals surface area (Å²) < 4.78 is 10.6. The summed E-state index contributed by atoms with van der Waals surface area (Å²) in [5.41, 5.74) is 5.73. The Morgan fingerprint density at radius 1 is 1.04 bits per heavy atom. The summed E-state index contributed by atoms with van der Waals surface area (Å²) in [7, 11) is 0. The van der Waals surface area contributed by atoms with E-state index in [0.29, 0.717) is 5.75 Å². The number of carbonyl (C=O) groups is 1. The van der Waals surface area contributed by atoms with Crippen molar-refractivity contribution in [1.82, 2.24) is 5.32 Å². The quantitative estimate of drug-likeness (QED) is 0.849. The Balaban J connectivity index is 1.67. The summed E-state index contributed by atoms with van der Waals surface area (Å²) in [5, 5.41) is 3.02. The van der Waals surface area contributed by atoms with E-state index in [1.807, 2.05) is 25.1 Å². The van der Waals surface area contributed by atoms with E-state index in [1.54, 1.807) is 12.2 Å². The molecule has 0 radical (unpaired) electrons. The van der Waals surface area contributed by atoms with E-state index in [1.165, 1.54) is 16.7 Å². The summed E-state index contributed by atoms with van der Waals surface area (Å²) in [5.74, 6) is 1.32. The zero-order valence-electron chi connectivity index (χ0n) is 15.1. The summed E-state index contributed by atoms with van der Waals surface area (Å²) in [6.07, 6.45) is 3.32. The molecule has 1 N–H and O–H groups in total. The second kappa shape index (κ2) is 7.01. The van der Waals surface area contributed by atoms with Gasteiger partial charge in [0.2, 0.25) is 12.7 Å². The number of fused-ring (bicyclic) bond motifs is 1. The molecule has 0 bridgehead atoms. The first-order chi connectivity index (χ1) is 11.9. The van der Waals surface area contributed by atoms with Gasteiger partial charge in [0.25, 0.3) is 0 Å². The Bertz CT molecular complexity index is 839. The fourth-order valence-corrected chi connectivity index (χ4v) is 2.98. The molecule has 1 heterocycles. The molecule has 4 nitrogen and oxygen atoms in total. The molecule has 0 aromatic heterocycles. The predicted octanol–water partition coefficient (Wildman–Crippen LogP) is 4.23. The number of hydrogen-bond acceptors (Lipinski definition) is 3. The molecular formula is C21H23NO3. The molecule has 1 atom stereocenters. The zero-order valence-corrected chi connectivity index (χ0v) is 15.1. The predicted molar refractivity (Wildman–Crippen MR) is 98.8 cm³/mol. The van der Waals surface area contributed by atoms with Crippen molar-refractivity contribution >= 4 is 12.0 Å². The first-order valence-corrected chi connectivity index (χ1v) is 8.40. The van der Waals surface area contributed by atoms with E-state index in [2.05, 4.69) is 38.2 Å². The number of rotatable bonds is 4. The third-order valence-electron chi connectivity index (χ3n) is 4.53. The maximum absolute atomic E-state index is 12.2. The summed E-state index contributed by atoms with van der Waals surface area (Å²) >= 11 is 0. The fraction of sp³-hybridized carbons (Fsp3) is 0.286. The standard InChI is InChI=1S/C21H23NO3/c1-13-9-15(3)18(10-14(13)2)16(4)22-21(23)8-6-17-5-7-19-20(11-17)25-12-24-19/h5-11,16H,12H2,1-4H3,(H,22,23)/b8-6+/t16-/m1/s1. The van der Waals surface area contributed by atoms with E-state index < -0.39 is 0 Å². The normalized spacial score (nSPS) is 13.9. The Hall–Kier alpha value is -2.75. The maximum atomic E-state index is 12.2. The first kappa shape index (κ1) is 17.1. The number of amides is 1. The first-order valence-electron chi connectivity index (χ1n) is 8.40. The van der Waals surface area contributed by atoms with Gasteiger partial charge in [-0.3, -0.25) is 4.79 Å². The van der Waals surface area contributed by atoms with E-state index in [0.717, 1.165) is 16.9 Å². The zero-order chi connectivity index (χ0) is 18.0. The molecule has 2 aromatic rings. The van der Waals surface area contributed by atoms with Crippen molar-refractivity contribution in [2.75, 3.05) is 6.79 Å². The number of aryl methyl sites for hydroxylation is 3. The van der Waals surface area contributed by atoms with E-state index in [-0.39, 0.29) is 18.7 Å². The lowest BCUT2D eigenvalue weighted by Crippen LogP contribution is -2.25. The molecule has 0 saturated heterocycles. The van der Waals surface area contributed by atoms with Crippen molar-refractivity contribution < 1.29 is 14.3 Å². The summed E-state index contributed by atoms with van der Waals surface area (Å²) in [4.78, 5) is 12.2. The molecule has 0 saturated carbocycles. The molecule has 0 unspecified atom stereocenters. The molecule has 2 aromatic carbocycles. The van der Waals surface area contributed by atoms with Crippen LogP contribution in [-0.4, -0.2) is 12.7 Å². The van der Waals surface area contributed by atoms with Crippen LogP contribution in [0, 0.1) is 20.8 Å². The van der Waals surface area contributed by atoms with Crippen LogP contribution < -0.4 is 14.8 Å². The SMILES string of the molecule is Cc1cc(C)c([C@@H](C)NC(=O)/C=C/c2ccc3c(c2)OCO3)cc1C. The molecule has 0 aliphatic carbocycles. The minimum absolute atomic E-state index is 0.0480. The van der Waals surface area contributed by atoms with Gasteiger partial charge in [-0.1, -0.05) is 18.2 Å². The largest absolute Gasteiger partial charge is 0.454 e. The third kappa shape index (κ3) is 3.85. The topological polar surface area (TPSA) is 47.6 Å². The molecule has 4 heteroatoms. The van der Waals surface area contributed by atoms with Crippen LogP contribution in [0.15, 0.2) is 36.4 Å². The molecule has 1 aliphatic heterocycles. The van der Waals surface area contributed by atoms with E-state index in [4.69, 9.17) is 9.47 Å². The van der Waals surface area contributed by atoms with Crippen LogP contribution in [0.2, 0.25) is 0 Å². The van der Waals surface area contributed by atoms with Crippen molar-refractivity contribution in [2.45, 2.75) is 33.7 Å². The third-order valence-corrected chi connectivity index (χ3v) is 4.53. The Kier molecular flexibility index (Phi) is 4.79. The molecule has 25 heavy (non-hydrogen) atoms. The van der Waals surface area contributed by atoms with Crippen molar-refractivity contribution in [3.8, 4) is 11.5 Å². The van der Waals surface area contributed by atoms with Gasteiger partial charge in [0.05, 0.1) is 6.04 Å². The molecule has 0 spiro atoms. The van der Waals surface area contributed by atoms with Crippen LogP contribution in [0.5, 0.6) is 11.5 Å². The Morgan fingerprint density at radius 2 is 1.76 bits per heavy atom. The molecule has 130 valence electrons. The van der Waals surface area contributed by atoms with Gasteiger partial charge in [-0.25, -0.2) is 0 Å². The van der Waals surface area contributed by atoms with Gasteiger partial charge in [0, 0.05) is 6.08 Å². The van der Waals surface area contributed by atoms with E-state index >= 15 is 0 Å². The average Bonchev–Trinajstić information content (AvgIpc) is 3.03. The number of nitrogens with one attached hydrogen (secondary N) is 1. The molecule has 3 rings (SSSR count). The monoisotopic (exact) mass is 337 g/mol. The highest BCUT2D eigenvalue weighted by atomic mass is 16.7. The number of ether oxygens (including phenoxy) is 2. The van der Waals surface area contributed by atoms with Crippen molar-refractivity contribution in [2.24, 2.45) is 0 Å². The van der Waals surface area contributed by atoms with Gasteiger partial charge in [0.1, 0.15) is 0 Å². The highest BCUT2D eigenvalue weighted by Gasteiger charge is 2.13.